The molecule has 6 aromatic carbocycles. The third kappa shape index (κ3) is 6.25. The van der Waals surface area contributed by atoms with Crippen molar-refractivity contribution in [2.45, 2.75) is 38.1 Å². The summed E-state index contributed by atoms with van der Waals surface area (Å²) in [6, 6.07) is 50.6. The Labute approximate surface area is 339 Å². The van der Waals surface area contributed by atoms with Gasteiger partial charge in [0.15, 0.2) is 0 Å². The fourth-order valence-corrected chi connectivity index (χ4v) is 8.51. The minimum atomic E-state index is -0.263. The quantitative estimate of drug-likeness (QED) is 0.184. The van der Waals surface area contributed by atoms with Crippen LogP contribution in [0.1, 0.15) is 43.4 Å². The molecule has 3 heterocycles. The van der Waals surface area contributed by atoms with E-state index in [1.54, 1.807) is 6.07 Å². The smallest absolute Gasteiger partial charge is 0.144 e. The lowest BCUT2D eigenvalue weighted by atomic mass is 9.84. The van der Waals surface area contributed by atoms with Gasteiger partial charge in [-0.3, -0.25) is 19.9 Å². The van der Waals surface area contributed by atoms with Crippen molar-refractivity contribution >= 4 is 33.2 Å². The lowest BCUT2D eigenvalue weighted by molar-refractivity contribution is 0.474. The van der Waals surface area contributed by atoms with Gasteiger partial charge < -0.3 is 5.11 Å². The number of anilines is 1. The maximum Gasteiger partial charge on any atom is 0.144 e. The average molecular weight is 751 g/mol. The molecular weight excluding hydrogens is 709 g/mol. The molecule has 0 fully saturated rings. The van der Waals surface area contributed by atoms with Gasteiger partial charge in [-0.05, 0) is 105 Å². The van der Waals surface area contributed by atoms with Crippen molar-refractivity contribution in [3.8, 4) is 39.1 Å². The van der Waals surface area contributed by atoms with Crippen LogP contribution in [0.3, 0.4) is 0 Å². The number of phenols is 1. The summed E-state index contributed by atoms with van der Waals surface area (Å²) in [4.78, 5) is 17.5. The van der Waals surface area contributed by atoms with Gasteiger partial charge >= 0.3 is 0 Å². The number of hydrogen-bond acceptors (Lipinski definition) is 5. The van der Waals surface area contributed by atoms with E-state index in [9.17, 15) is 5.11 Å². The van der Waals surface area contributed by atoms with Crippen LogP contribution in [0.4, 0.5) is 5.69 Å². The van der Waals surface area contributed by atoms with E-state index in [-0.39, 0.29) is 23.1 Å². The first-order chi connectivity index (χ1) is 28.3. The molecule has 0 saturated heterocycles. The molecule has 0 spiro atoms. The van der Waals surface area contributed by atoms with Gasteiger partial charge in [0.05, 0.1) is 22.5 Å². The predicted octanol–water partition coefficient (Wildman–Crippen LogP) is 12.7. The number of nitrogens with zero attached hydrogens (tertiary/aromatic N) is 4. The van der Waals surface area contributed by atoms with E-state index >= 15 is 0 Å². The summed E-state index contributed by atoms with van der Waals surface area (Å²) in [7, 11) is 0. The number of pyridine rings is 2. The molecule has 2 aromatic heterocycles. The van der Waals surface area contributed by atoms with Crippen LogP contribution in [-0.4, -0.2) is 27.0 Å². The van der Waals surface area contributed by atoms with Gasteiger partial charge in [-0.2, -0.15) is 0 Å². The van der Waals surface area contributed by atoms with Gasteiger partial charge in [-0.25, -0.2) is 0 Å². The number of fused-ring (bicyclic) bond motifs is 3. The van der Waals surface area contributed by atoms with Crippen molar-refractivity contribution in [1.29, 1.82) is 0 Å². The Hall–Kier alpha value is -7.11. The molecule has 58 heavy (non-hydrogen) atoms. The van der Waals surface area contributed by atoms with Crippen molar-refractivity contribution in [3.63, 3.8) is 0 Å². The maximum atomic E-state index is 11.3. The summed E-state index contributed by atoms with van der Waals surface area (Å²) in [5.74, 6) is 0.790. The van der Waals surface area contributed by atoms with Crippen LogP contribution in [-0.2, 0) is 5.41 Å². The molecule has 2 unspecified atom stereocenters. The van der Waals surface area contributed by atoms with E-state index < -0.39 is 0 Å². The summed E-state index contributed by atoms with van der Waals surface area (Å²) in [5.41, 5.74) is 12.5. The van der Waals surface area contributed by atoms with E-state index in [1.807, 2.05) is 42.9 Å². The van der Waals surface area contributed by atoms with Crippen LogP contribution in [0.2, 0.25) is 0 Å². The maximum absolute atomic E-state index is 11.3. The molecule has 1 N–H and O–H groups in total. The Bertz CT molecular complexity index is 2970. The monoisotopic (exact) mass is 750 g/mol. The molecule has 2 aliphatic rings. The zero-order chi connectivity index (χ0) is 39.4. The van der Waals surface area contributed by atoms with Gasteiger partial charge in [0, 0.05) is 46.6 Å². The number of amidine groups is 1. The average Bonchev–Trinajstić information content (AvgIpc) is 3.65. The first-order valence-electron chi connectivity index (χ1n) is 19.9. The summed E-state index contributed by atoms with van der Waals surface area (Å²) < 4.78 is 0. The molecule has 0 bridgehead atoms. The van der Waals surface area contributed by atoms with E-state index in [0.29, 0.717) is 11.4 Å². The minimum Gasteiger partial charge on any atom is -0.507 e. The standard InChI is InChI=1S/C53H42N4O/c1-53(2,3)42-24-25-47(45(31-42)35-14-5-4-6-15-35)57-48-20-11-19-43(51(48)56-52(57)44-18-9-10-21-49(44)58)40-29-41(33-54-32-40)46-30-39(28-38-17-12-26-55-50(38)46)37-23-22-34-13-7-8-16-36(34)27-37/h4-33,43,51,58H,1-3H3. The van der Waals surface area contributed by atoms with Gasteiger partial charge in [0.2, 0.25) is 0 Å². The summed E-state index contributed by atoms with van der Waals surface area (Å²) in [6.07, 6.45) is 12.3. The topological polar surface area (TPSA) is 61.6 Å². The highest BCUT2D eigenvalue weighted by molar-refractivity contribution is 6.17. The molecule has 0 saturated carbocycles. The van der Waals surface area contributed by atoms with Gasteiger partial charge in [0.1, 0.15) is 17.6 Å². The van der Waals surface area contributed by atoms with E-state index in [1.165, 1.54) is 16.3 Å². The number of aromatic nitrogens is 2. The molecule has 280 valence electrons. The highest BCUT2D eigenvalue weighted by Crippen LogP contribution is 2.46. The van der Waals surface area contributed by atoms with E-state index in [2.05, 4.69) is 159 Å². The molecule has 1 aliphatic carbocycles. The van der Waals surface area contributed by atoms with Crippen LogP contribution in [0, 0.1) is 0 Å². The lowest BCUT2D eigenvalue weighted by Gasteiger charge is -2.31. The molecule has 2 atom stereocenters. The third-order valence-electron chi connectivity index (χ3n) is 11.5. The number of hydrogen-bond donors (Lipinski definition) is 1. The Kier molecular flexibility index (Phi) is 8.60. The summed E-state index contributed by atoms with van der Waals surface area (Å²) >= 11 is 0. The van der Waals surface area contributed by atoms with Crippen molar-refractivity contribution in [1.82, 2.24) is 9.97 Å². The number of aromatic hydroxyl groups is 1. The molecule has 8 aromatic rings. The van der Waals surface area contributed by atoms with Gasteiger partial charge in [-0.1, -0.05) is 124 Å². The predicted molar refractivity (Wildman–Crippen MR) is 239 cm³/mol. The SMILES string of the molecule is CC(C)(C)c1ccc(N2C3=CC=CC(c4cncc(-c5cc(-c6ccc7ccccc7c6)cc6cccnc56)c4)C3N=C2c2ccccc2O)c(-c2ccccc2)c1. The first-order valence-corrected chi connectivity index (χ1v) is 19.9. The van der Waals surface area contributed by atoms with Crippen molar-refractivity contribution in [2.24, 2.45) is 4.99 Å². The Morgan fingerprint density at radius 2 is 1.38 bits per heavy atom. The van der Waals surface area contributed by atoms with Crippen molar-refractivity contribution < 1.29 is 5.11 Å². The minimum absolute atomic E-state index is 0.0456. The molecule has 5 heteroatoms. The van der Waals surface area contributed by atoms with Crippen LogP contribution in [0.5, 0.6) is 5.75 Å². The number of rotatable bonds is 6. The Morgan fingerprint density at radius 3 is 2.22 bits per heavy atom. The number of aliphatic imine (C=N–C) groups is 1. The van der Waals surface area contributed by atoms with E-state index in [4.69, 9.17) is 15.0 Å². The second-order valence-electron chi connectivity index (χ2n) is 16.3. The van der Waals surface area contributed by atoms with E-state index in [0.717, 1.165) is 61.2 Å². The molecular formula is C53H42N4O. The molecule has 0 amide bonds. The normalized spacial score (nSPS) is 16.4. The highest BCUT2D eigenvalue weighted by atomic mass is 16.3. The van der Waals surface area contributed by atoms with Crippen LogP contribution in [0.25, 0.3) is 55.1 Å². The fraction of sp³-hybridized carbons (Fsp3) is 0.113. The number of phenolic OH excluding ortho intramolecular Hbond substituents is 1. The first kappa shape index (κ1) is 35.3. The van der Waals surface area contributed by atoms with Crippen molar-refractivity contribution in [2.75, 3.05) is 4.90 Å². The van der Waals surface area contributed by atoms with Gasteiger partial charge in [0.25, 0.3) is 0 Å². The lowest BCUT2D eigenvalue weighted by Crippen LogP contribution is -2.31. The van der Waals surface area contributed by atoms with Crippen LogP contribution in [0.15, 0.2) is 193 Å². The molecule has 10 rings (SSSR count). The number of benzene rings is 6. The zero-order valence-corrected chi connectivity index (χ0v) is 32.7. The summed E-state index contributed by atoms with van der Waals surface area (Å²) in [6.45, 7) is 6.74. The fourth-order valence-electron chi connectivity index (χ4n) is 8.51. The third-order valence-corrected chi connectivity index (χ3v) is 11.5. The second kappa shape index (κ2) is 14.1. The molecule has 0 radical (unpaired) electrons. The van der Waals surface area contributed by atoms with Crippen LogP contribution < -0.4 is 4.90 Å². The highest BCUT2D eigenvalue weighted by Gasteiger charge is 2.40. The molecule has 1 aliphatic heterocycles. The largest absolute Gasteiger partial charge is 0.507 e. The number of para-hydroxylation sites is 1. The van der Waals surface area contributed by atoms with Crippen molar-refractivity contribution in [3.05, 3.63) is 205 Å². The van der Waals surface area contributed by atoms with Crippen LogP contribution >= 0.6 is 0 Å². The number of allylic oxidation sites excluding steroid dienone is 2. The van der Waals surface area contributed by atoms with Gasteiger partial charge in [-0.15, -0.1) is 0 Å². The second-order valence-corrected chi connectivity index (χ2v) is 16.3. The summed E-state index contributed by atoms with van der Waals surface area (Å²) in [5, 5.41) is 14.8. The Balaban J connectivity index is 1.10. The molecule has 5 nitrogen and oxygen atoms in total. The zero-order valence-electron chi connectivity index (χ0n) is 32.7. The Morgan fingerprint density at radius 1 is 0.603 bits per heavy atom.